The number of ether oxygens (including phenoxy) is 1. The van der Waals surface area contributed by atoms with E-state index in [1.165, 1.54) is 5.56 Å². The molecule has 1 aromatic heterocycles. The van der Waals surface area contributed by atoms with E-state index in [-0.39, 0.29) is 12.0 Å². The zero-order valence-electron chi connectivity index (χ0n) is 14.4. The molecule has 1 fully saturated rings. The van der Waals surface area contributed by atoms with E-state index in [2.05, 4.69) is 22.3 Å². The Labute approximate surface area is 143 Å². The van der Waals surface area contributed by atoms with E-state index < -0.39 is 0 Å². The van der Waals surface area contributed by atoms with Gasteiger partial charge in [0.1, 0.15) is 0 Å². The van der Waals surface area contributed by atoms with Gasteiger partial charge in [0.15, 0.2) is 0 Å². The first-order valence-corrected chi connectivity index (χ1v) is 8.57. The second-order valence-corrected chi connectivity index (χ2v) is 6.49. The molecule has 0 radical (unpaired) electrons. The first kappa shape index (κ1) is 16.7. The fourth-order valence-corrected chi connectivity index (χ4v) is 3.19. The molecule has 1 aliphatic heterocycles. The highest BCUT2D eigenvalue weighted by Gasteiger charge is 2.25. The van der Waals surface area contributed by atoms with Crippen LogP contribution in [-0.4, -0.2) is 40.2 Å². The van der Waals surface area contributed by atoms with E-state index in [1.54, 1.807) is 0 Å². The first-order valence-electron chi connectivity index (χ1n) is 8.57. The van der Waals surface area contributed by atoms with Crippen LogP contribution in [0.1, 0.15) is 35.4 Å². The molecule has 2 heterocycles. The SMILES string of the molecule is Cc1n[nH]c(C)c1CC(=O)N1CCC[C@H](OCc2ccccc2)C1. The molecule has 5 heteroatoms. The fourth-order valence-electron chi connectivity index (χ4n) is 3.19. The predicted octanol–water partition coefficient (Wildman–Crippen LogP) is 2.78. The van der Waals surface area contributed by atoms with Crippen molar-refractivity contribution in [3.05, 3.63) is 52.8 Å². The average molecular weight is 327 g/mol. The lowest BCUT2D eigenvalue weighted by Gasteiger charge is -2.33. The quantitative estimate of drug-likeness (QED) is 0.919. The molecule has 1 N–H and O–H groups in total. The molecule has 0 spiro atoms. The molecule has 3 rings (SSSR count). The predicted molar refractivity (Wildman–Crippen MR) is 92.6 cm³/mol. The van der Waals surface area contributed by atoms with Crippen molar-refractivity contribution in [3.63, 3.8) is 0 Å². The number of nitrogens with one attached hydrogen (secondary N) is 1. The van der Waals surface area contributed by atoms with Gasteiger partial charge in [-0.1, -0.05) is 30.3 Å². The van der Waals surface area contributed by atoms with Crippen LogP contribution in [0.4, 0.5) is 0 Å². The van der Waals surface area contributed by atoms with E-state index >= 15 is 0 Å². The Bertz CT molecular complexity index is 662. The summed E-state index contributed by atoms with van der Waals surface area (Å²) < 4.78 is 6.02. The molecule has 1 saturated heterocycles. The number of benzene rings is 1. The number of carbonyl (C=O) groups is 1. The number of likely N-dealkylation sites (tertiary alicyclic amines) is 1. The van der Waals surface area contributed by atoms with E-state index in [9.17, 15) is 4.79 Å². The van der Waals surface area contributed by atoms with Crippen molar-refractivity contribution in [1.82, 2.24) is 15.1 Å². The highest BCUT2D eigenvalue weighted by Crippen LogP contribution is 2.18. The molecule has 128 valence electrons. The van der Waals surface area contributed by atoms with Gasteiger partial charge in [-0.05, 0) is 32.3 Å². The number of hydrogen-bond donors (Lipinski definition) is 1. The summed E-state index contributed by atoms with van der Waals surface area (Å²) in [5, 5.41) is 7.12. The maximum atomic E-state index is 12.6. The Morgan fingerprint density at radius 1 is 1.33 bits per heavy atom. The molecular formula is C19H25N3O2. The van der Waals surface area contributed by atoms with Crippen LogP contribution >= 0.6 is 0 Å². The van der Waals surface area contributed by atoms with Crippen LogP contribution in [0, 0.1) is 13.8 Å². The highest BCUT2D eigenvalue weighted by molar-refractivity contribution is 5.79. The van der Waals surface area contributed by atoms with E-state index in [1.807, 2.05) is 36.9 Å². The van der Waals surface area contributed by atoms with Crippen molar-refractivity contribution < 1.29 is 9.53 Å². The van der Waals surface area contributed by atoms with Crippen LogP contribution in [0.3, 0.4) is 0 Å². The lowest BCUT2D eigenvalue weighted by atomic mass is 10.1. The number of nitrogens with zero attached hydrogens (tertiary/aromatic N) is 2. The minimum Gasteiger partial charge on any atom is -0.372 e. The minimum atomic E-state index is 0.120. The third-order valence-electron chi connectivity index (χ3n) is 4.67. The Morgan fingerprint density at radius 3 is 2.83 bits per heavy atom. The molecular weight excluding hydrogens is 302 g/mol. The van der Waals surface area contributed by atoms with Gasteiger partial charge in [0.2, 0.25) is 5.91 Å². The van der Waals surface area contributed by atoms with Gasteiger partial charge >= 0.3 is 0 Å². The summed E-state index contributed by atoms with van der Waals surface area (Å²) in [6.07, 6.45) is 2.54. The van der Waals surface area contributed by atoms with Gasteiger partial charge in [0.05, 0.1) is 24.8 Å². The third kappa shape index (κ3) is 4.03. The monoisotopic (exact) mass is 327 g/mol. The maximum absolute atomic E-state index is 12.6. The largest absolute Gasteiger partial charge is 0.372 e. The average Bonchev–Trinajstić information content (AvgIpc) is 2.93. The van der Waals surface area contributed by atoms with Gasteiger partial charge in [-0.2, -0.15) is 5.10 Å². The summed E-state index contributed by atoms with van der Waals surface area (Å²) in [6, 6.07) is 10.2. The number of carbonyl (C=O) groups excluding carboxylic acids is 1. The topological polar surface area (TPSA) is 58.2 Å². The standard InChI is InChI=1S/C19H25N3O2/c1-14-18(15(2)21-20-14)11-19(23)22-10-6-9-17(12-22)24-13-16-7-4-3-5-8-16/h3-5,7-8,17H,6,9-13H2,1-2H3,(H,20,21)/t17-/m0/s1. The first-order chi connectivity index (χ1) is 11.6. The lowest BCUT2D eigenvalue weighted by Crippen LogP contribution is -2.43. The molecule has 0 unspecified atom stereocenters. The zero-order chi connectivity index (χ0) is 16.9. The smallest absolute Gasteiger partial charge is 0.227 e. The molecule has 24 heavy (non-hydrogen) atoms. The minimum absolute atomic E-state index is 0.120. The van der Waals surface area contributed by atoms with Crippen molar-refractivity contribution in [3.8, 4) is 0 Å². The van der Waals surface area contributed by atoms with Gasteiger partial charge in [-0.25, -0.2) is 0 Å². The number of amides is 1. The zero-order valence-corrected chi connectivity index (χ0v) is 14.4. The second-order valence-electron chi connectivity index (χ2n) is 6.49. The molecule has 1 atom stereocenters. The van der Waals surface area contributed by atoms with E-state index in [0.29, 0.717) is 19.6 Å². The number of H-pyrrole nitrogens is 1. The summed E-state index contributed by atoms with van der Waals surface area (Å²) in [7, 11) is 0. The van der Waals surface area contributed by atoms with Crippen LogP contribution in [0.2, 0.25) is 0 Å². The molecule has 2 aromatic rings. The Morgan fingerprint density at radius 2 is 2.12 bits per heavy atom. The summed E-state index contributed by atoms with van der Waals surface area (Å²) in [5.41, 5.74) is 4.09. The van der Waals surface area contributed by atoms with Crippen molar-refractivity contribution in [2.45, 2.75) is 45.8 Å². The fraction of sp³-hybridized carbons (Fsp3) is 0.474. The number of aryl methyl sites for hydroxylation is 2. The Hall–Kier alpha value is -2.14. The van der Waals surface area contributed by atoms with E-state index in [0.717, 1.165) is 36.3 Å². The van der Waals surface area contributed by atoms with Crippen LogP contribution in [0.25, 0.3) is 0 Å². The van der Waals surface area contributed by atoms with Crippen LogP contribution in [0.15, 0.2) is 30.3 Å². The van der Waals surface area contributed by atoms with Crippen LogP contribution in [-0.2, 0) is 22.6 Å². The summed E-state index contributed by atoms with van der Waals surface area (Å²) in [5.74, 6) is 0.163. The Kier molecular flexibility index (Phi) is 5.30. The van der Waals surface area contributed by atoms with Gasteiger partial charge in [-0.15, -0.1) is 0 Å². The highest BCUT2D eigenvalue weighted by atomic mass is 16.5. The molecule has 1 aromatic carbocycles. The van der Waals surface area contributed by atoms with Crippen LogP contribution in [0.5, 0.6) is 0 Å². The normalized spacial score (nSPS) is 17.9. The van der Waals surface area contributed by atoms with Crippen molar-refractivity contribution >= 4 is 5.91 Å². The molecule has 0 aliphatic carbocycles. The Balaban J connectivity index is 1.54. The van der Waals surface area contributed by atoms with Crippen molar-refractivity contribution in [1.29, 1.82) is 0 Å². The summed E-state index contributed by atoms with van der Waals surface area (Å²) >= 11 is 0. The number of hydrogen-bond acceptors (Lipinski definition) is 3. The second kappa shape index (κ2) is 7.62. The number of aromatic amines is 1. The third-order valence-corrected chi connectivity index (χ3v) is 4.67. The van der Waals surface area contributed by atoms with Crippen LogP contribution < -0.4 is 0 Å². The molecule has 0 saturated carbocycles. The van der Waals surface area contributed by atoms with Crippen molar-refractivity contribution in [2.75, 3.05) is 13.1 Å². The van der Waals surface area contributed by atoms with Gasteiger partial charge in [0, 0.05) is 24.3 Å². The molecule has 0 bridgehead atoms. The van der Waals surface area contributed by atoms with Gasteiger partial charge in [-0.3, -0.25) is 9.89 Å². The molecule has 5 nitrogen and oxygen atoms in total. The summed E-state index contributed by atoms with van der Waals surface area (Å²) in [4.78, 5) is 14.6. The van der Waals surface area contributed by atoms with E-state index in [4.69, 9.17) is 4.74 Å². The lowest BCUT2D eigenvalue weighted by molar-refractivity contribution is -0.134. The maximum Gasteiger partial charge on any atom is 0.227 e. The van der Waals surface area contributed by atoms with Crippen molar-refractivity contribution in [2.24, 2.45) is 0 Å². The van der Waals surface area contributed by atoms with Gasteiger partial charge < -0.3 is 9.64 Å². The number of aromatic nitrogens is 2. The molecule has 1 amide bonds. The number of rotatable bonds is 5. The number of piperidine rings is 1. The molecule has 1 aliphatic rings. The summed E-state index contributed by atoms with van der Waals surface area (Å²) in [6.45, 7) is 6.01. The van der Waals surface area contributed by atoms with Gasteiger partial charge in [0.25, 0.3) is 0 Å².